The van der Waals surface area contributed by atoms with Crippen LogP contribution in [0.5, 0.6) is 0 Å². The molecule has 138 valence electrons. The molecule has 2 aromatic rings. The Morgan fingerprint density at radius 1 is 1.19 bits per heavy atom. The third kappa shape index (κ3) is 3.95. The number of ether oxygens (including phenoxy) is 1. The smallest absolute Gasteiger partial charge is 0.258 e. The lowest BCUT2D eigenvalue weighted by Crippen LogP contribution is -2.35. The number of fused-ring (bicyclic) bond motifs is 1. The summed E-state index contributed by atoms with van der Waals surface area (Å²) in [6, 6.07) is 14.0. The molecule has 7 heteroatoms. The number of nitrogens with one attached hydrogen (secondary N) is 1. The zero-order chi connectivity index (χ0) is 18.6. The fraction of sp³-hybridized carbons (Fsp3) is 0.316. The highest BCUT2D eigenvalue weighted by Gasteiger charge is 2.25. The summed E-state index contributed by atoms with van der Waals surface area (Å²) in [7, 11) is -2.07. The Balaban J connectivity index is 1.87. The minimum atomic E-state index is -3.59. The van der Waals surface area contributed by atoms with E-state index in [1.807, 2.05) is 18.2 Å². The van der Waals surface area contributed by atoms with Crippen LogP contribution in [0.25, 0.3) is 0 Å². The van der Waals surface area contributed by atoms with Crippen LogP contribution in [0.2, 0.25) is 0 Å². The van der Waals surface area contributed by atoms with Crippen molar-refractivity contribution in [1.82, 2.24) is 4.72 Å². The molecule has 0 unspecified atom stereocenters. The quantitative estimate of drug-likeness (QED) is 0.787. The molecule has 0 saturated carbocycles. The summed E-state index contributed by atoms with van der Waals surface area (Å²) in [5.74, 6) is -0.0691. The van der Waals surface area contributed by atoms with E-state index in [4.69, 9.17) is 4.74 Å². The van der Waals surface area contributed by atoms with E-state index < -0.39 is 10.0 Å². The number of carbonyl (C=O) groups is 1. The second-order valence-electron chi connectivity index (χ2n) is 6.11. The van der Waals surface area contributed by atoms with Gasteiger partial charge >= 0.3 is 0 Å². The lowest BCUT2D eigenvalue weighted by atomic mass is 10.0. The zero-order valence-electron chi connectivity index (χ0n) is 14.6. The van der Waals surface area contributed by atoms with E-state index >= 15 is 0 Å². The summed E-state index contributed by atoms with van der Waals surface area (Å²) in [5.41, 5.74) is 2.27. The number of nitrogens with zero attached hydrogens (tertiary/aromatic N) is 1. The van der Waals surface area contributed by atoms with Crippen LogP contribution < -0.4 is 9.62 Å². The first kappa shape index (κ1) is 18.6. The fourth-order valence-electron chi connectivity index (χ4n) is 3.05. The molecule has 0 bridgehead atoms. The van der Waals surface area contributed by atoms with Gasteiger partial charge in [-0.1, -0.05) is 18.2 Å². The molecule has 26 heavy (non-hydrogen) atoms. The minimum absolute atomic E-state index is 0.0691. The summed E-state index contributed by atoms with van der Waals surface area (Å²) in [6.07, 6.45) is 1.54. The zero-order valence-corrected chi connectivity index (χ0v) is 15.5. The van der Waals surface area contributed by atoms with Crippen LogP contribution in [0.3, 0.4) is 0 Å². The van der Waals surface area contributed by atoms with Crippen LogP contribution in [0.4, 0.5) is 5.69 Å². The van der Waals surface area contributed by atoms with Crippen molar-refractivity contribution in [3.8, 4) is 0 Å². The molecular weight excluding hydrogens is 352 g/mol. The van der Waals surface area contributed by atoms with Crippen molar-refractivity contribution in [3.05, 3.63) is 59.7 Å². The molecule has 2 aromatic carbocycles. The second-order valence-corrected chi connectivity index (χ2v) is 7.87. The standard InChI is InChI=1S/C19H22N2O4S/c1-25-13-11-20-26(23,24)17-9-10-18-16(14-17)8-5-12-21(18)19(22)15-6-3-2-4-7-15/h2-4,6-7,9-10,14,20H,5,8,11-13H2,1H3. The number of carbonyl (C=O) groups excluding carboxylic acids is 1. The lowest BCUT2D eigenvalue weighted by molar-refractivity contribution is 0.0985. The molecule has 0 spiro atoms. The molecule has 0 aliphatic carbocycles. The van der Waals surface area contributed by atoms with E-state index in [-0.39, 0.29) is 17.3 Å². The van der Waals surface area contributed by atoms with Gasteiger partial charge in [0, 0.05) is 31.5 Å². The fourth-order valence-corrected chi connectivity index (χ4v) is 4.11. The first-order valence-corrected chi connectivity index (χ1v) is 10.00. The molecule has 0 aromatic heterocycles. The van der Waals surface area contributed by atoms with Gasteiger partial charge in [0.25, 0.3) is 5.91 Å². The number of aryl methyl sites for hydroxylation is 1. The van der Waals surface area contributed by atoms with Crippen LogP contribution in [-0.2, 0) is 21.2 Å². The maximum atomic E-state index is 12.8. The molecule has 3 rings (SSSR count). The summed E-state index contributed by atoms with van der Waals surface area (Å²) < 4.78 is 32.1. The Hall–Kier alpha value is -2.22. The number of hydrogen-bond acceptors (Lipinski definition) is 4. The van der Waals surface area contributed by atoms with Crippen molar-refractivity contribution in [1.29, 1.82) is 0 Å². The number of anilines is 1. The van der Waals surface area contributed by atoms with E-state index in [1.165, 1.54) is 7.11 Å². The van der Waals surface area contributed by atoms with Gasteiger partial charge in [-0.15, -0.1) is 0 Å². The average Bonchev–Trinajstić information content (AvgIpc) is 2.67. The van der Waals surface area contributed by atoms with Crippen molar-refractivity contribution in [3.63, 3.8) is 0 Å². The van der Waals surface area contributed by atoms with Gasteiger partial charge < -0.3 is 9.64 Å². The highest BCUT2D eigenvalue weighted by molar-refractivity contribution is 7.89. The summed E-state index contributed by atoms with van der Waals surface area (Å²) in [5, 5.41) is 0. The Bertz CT molecular complexity index is 882. The first-order valence-electron chi connectivity index (χ1n) is 8.51. The van der Waals surface area contributed by atoms with Crippen molar-refractivity contribution in [2.24, 2.45) is 0 Å². The van der Waals surface area contributed by atoms with E-state index in [0.717, 1.165) is 24.1 Å². The summed E-state index contributed by atoms with van der Waals surface area (Å²) >= 11 is 0. The highest BCUT2D eigenvalue weighted by atomic mass is 32.2. The Kier molecular flexibility index (Phi) is 5.70. The van der Waals surface area contributed by atoms with Gasteiger partial charge in [0.1, 0.15) is 0 Å². The van der Waals surface area contributed by atoms with Crippen molar-refractivity contribution in [2.45, 2.75) is 17.7 Å². The molecular formula is C19H22N2O4S. The number of hydrogen-bond donors (Lipinski definition) is 1. The van der Waals surface area contributed by atoms with Gasteiger partial charge in [0.15, 0.2) is 0 Å². The van der Waals surface area contributed by atoms with Crippen molar-refractivity contribution >= 4 is 21.6 Å². The van der Waals surface area contributed by atoms with Crippen LogP contribution in [0.15, 0.2) is 53.4 Å². The first-order chi connectivity index (χ1) is 12.5. The summed E-state index contributed by atoms with van der Waals surface area (Å²) in [6.45, 7) is 1.15. The molecule has 6 nitrogen and oxygen atoms in total. The van der Waals surface area contributed by atoms with E-state index in [9.17, 15) is 13.2 Å². The SMILES string of the molecule is COCCNS(=O)(=O)c1ccc2c(c1)CCCN2C(=O)c1ccccc1. The maximum Gasteiger partial charge on any atom is 0.258 e. The predicted molar refractivity (Wildman–Crippen MR) is 99.9 cm³/mol. The van der Waals surface area contributed by atoms with E-state index in [1.54, 1.807) is 35.2 Å². The lowest BCUT2D eigenvalue weighted by Gasteiger charge is -2.30. The molecule has 0 fully saturated rings. The van der Waals surface area contributed by atoms with Crippen LogP contribution in [0, 0.1) is 0 Å². The molecule has 0 radical (unpaired) electrons. The molecule has 0 atom stereocenters. The maximum absolute atomic E-state index is 12.8. The van der Waals surface area contributed by atoms with Gasteiger partial charge in [-0.05, 0) is 48.7 Å². The molecule has 1 heterocycles. The third-order valence-corrected chi connectivity index (χ3v) is 5.80. The van der Waals surface area contributed by atoms with Crippen LogP contribution >= 0.6 is 0 Å². The molecule has 0 saturated heterocycles. The van der Waals surface area contributed by atoms with Gasteiger partial charge in [0.05, 0.1) is 11.5 Å². The monoisotopic (exact) mass is 374 g/mol. The number of sulfonamides is 1. The normalized spacial score (nSPS) is 14.1. The largest absolute Gasteiger partial charge is 0.383 e. The number of rotatable bonds is 6. The Morgan fingerprint density at radius 2 is 1.96 bits per heavy atom. The van der Waals surface area contributed by atoms with Crippen LogP contribution in [0.1, 0.15) is 22.3 Å². The van der Waals surface area contributed by atoms with Crippen LogP contribution in [-0.4, -0.2) is 41.1 Å². The average molecular weight is 374 g/mol. The molecule has 1 aliphatic heterocycles. The Labute approximate surface area is 153 Å². The topological polar surface area (TPSA) is 75.7 Å². The van der Waals surface area contributed by atoms with Gasteiger partial charge in [-0.3, -0.25) is 4.79 Å². The van der Waals surface area contributed by atoms with E-state index in [2.05, 4.69) is 4.72 Å². The predicted octanol–water partition coefficient (Wildman–Crippen LogP) is 2.20. The summed E-state index contributed by atoms with van der Waals surface area (Å²) in [4.78, 5) is 14.7. The highest BCUT2D eigenvalue weighted by Crippen LogP contribution is 2.30. The van der Waals surface area contributed by atoms with Crippen molar-refractivity contribution < 1.29 is 17.9 Å². The second kappa shape index (κ2) is 7.99. The van der Waals surface area contributed by atoms with Gasteiger partial charge in [-0.2, -0.15) is 0 Å². The Morgan fingerprint density at radius 3 is 2.69 bits per heavy atom. The number of amides is 1. The van der Waals surface area contributed by atoms with Gasteiger partial charge in [0.2, 0.25) is 10.0 Å². The number of methoxy groups -OCH3 is 1. The molecule has 1 aliphatic rings. The van der Waals surface area contributed by atoms with E-state index in [0.29, 0.717) is 18.7 Å². The number of benzene rings is 2. The third-order valence-electron chi connectivity index (χ3n) is 4.34. The van der Waals surface area contributed by atoms with Gasteiger partial charge in [-0.25, -0.2) is 13.1 Å². The van der Waals surface area contributed by atoms with Crippen molar-refractivity contribution in [2.75, 3.05) is 31.7 Å². The minimum Gasteiger partial charge on any atom is -0.383 e. The molecule has 1 amide bonds. The molecule has 1 N–H and O–H groups in total.